The molecule has 0 unspecified atom stereocenters. The number of hydrogen-bond acceptors (Lipinski definition) is 6. The standard InChI is InChI=1S/C25H33NO7S/c1-18-7-13-21(14-8-18)34(30,31)16-6-15-32-20-11-9-19(10-12-20)17-25(5,22(27)28)26-23(29)33-24(2,3)4/h7-14H,6,15-17H2,1-5H3,(H,26,29)(H,27,28)/t25-/m0/s1. The molecule has 186 valence electrons. The van der Waals surface area contributed by atoms with Gasteiger partial charge in [0, 0.05) is 6.42 Å². The molecule has 9 heteroatoms. The summed E-state index contributed by atoms with van der Waals surface area (Å²) in [6.07, 6.45) is -0.441. The third-order valence-corrected chi connectivity index (χ3v) is 6.75. The smallest absolute Gasteiger partial charge is 0.408 e. The molecule has 0 fully saturated rings. The topological polar surface area (TPSA) is 119 Å². The molecule has 0 aliphatic heterocycles. The van der Waals surface area contributed by atoms with Crippen LogP contribution in [-0.2, 0) is 25.8 Å². The summed E-state index contributed by atoms with van der Waals surface area (Å²) in [7, 11) is -3.37. The SMILES string of the molecule is Cc1ccc(S(=O)(=O)CCCOc2ccc(C[C@](C)(NC(=O)OC(C)(C)C)C(=O)O)cc2)cc1. The van der Waals surface area contributed by atoms with Gasteiger partial charge in [-0.15, -0.1) is 0 Å². The molecule has 0 aliphatic rings. The van der Waals surface area contributed by atoms with Crippen molar-refractivity contribution in [1.29, 1.82) is 0 Å². The molecule has 0 aromatic heterocycles. The van der Waals surface area contributed by atoms with Crippen molar-refractivity contribution in [1.82, 2.24) is 5.32 Å². The summed E-state index contributed by atoms with van der Waals surface area (Å²) in [6.45, 7) is 8.62. The minimum Gasteiger partial charge on any atom is -0.494 e. The third-order valence-electron chi connectivity index (χ3n) is 4.94. The summed E-state index contributed by atoms with van der Waals surface area (Å²) in [6, 6.07) is 13.5. The van der Waals surface area contributed by atoms with Crippen LogP contribution in [0.1, 0.15) is 45.2 Å². The average molecular weight is 492 g/mol. The second-order valence-electron chi connectivity index (χ2n) is 9.42. The van der Waals surface area contributed by atoms with E-state index in [1.165, 1.54) is 6.92 Å². The minimum atomic E-state index is -3.37. The van der Waals surface area contributed by atoms with Crippen molar-refractivity contribution in [3.63, 3.8) is 0 Å². The van der Waals surface area contributed by atoms with Crippen LogP contribution in [0.5, 0.6) is 5.75 Å². The minimum absolute atomic E-state index is 0.0263. The van der Waals surface area contributed by atoms with Crippen LogP contribution >= 0.6 is 0 Å². The molecule has 0 saturated carbocycles. The van der Waals surface area contributed by atoms with E-state index in [4.69, 9.17) is 9.47 Å². The van der Waals surface area contributed by atoms with Crippen LogP contribution < -0.4 is 10.1 Å². The van der Waals surface area contributed by atoms with E-state index in [0.717, 1.165) is 5.56 Å². The lowest BCUT2D eigenvalue weighted by molar-refractivity contribution is -0.144. The Morgan fingerprint density at radius 2 is 1.56 bits per heavy atom. The Morgan fingerprint density at radius 1 is 0.971 bits per heavy atom. The summed E-state index contributed by atoms with van der Waals surface area (Å²) in [5, 5.41) is 12.1. The monoisotopic (exact) mass is 491 g/mol. The summed E-state index contributed by atoms with van der Waals surface area (Å²) in [5.41, 5.74) is -0.637. The summed E-state index contributed by atoms with van der Waals surface area (Å²) in [5.74, 6) is -0.677. The molecule has 34 heavy (non-hydrogen) atoms. The lowest BCUT2D eigenvalue weighted by Gasteiger charge is -2.28. The maximum atomic E-state index is 12.4. The Balaban J connectivity index is 1.90. The first-order valence-corrected chi connectivity index (χ1v) is 12.6. The van der Waals surface area contributed by atoms with Crippen molar-refractivity contribution < 1.29 is 32.6 Å². The molecule has 2 aromatic carbocycles. The molecule has 2 N–H and O–H groups in total. The predicted octanol–water partition coefficient (Wildman–Crippen LogP) is 4.15. The molecule has 2 rings (SSSR count). The number of amides is 1. The van der Waals surface area contributed by atoms with Gasteiger partial charge in [-0.05, 0) is 70.9 Å². The van der Waals surface area contributed by atoms with E-state index in [0.29, 0.717) is 22.6 Å². The number of carbonyl (C=O) groups excluding carboxylic acids is 1. The highest BCUT2D eigenvalue weighted by atomic mass is 32.2. The van der Waals surface area contributed by atoms with E-state index < -0.39 is 33.0 Å². The van der Waals surface area contributed by atoms with E-state index in [9.17, 15) is 23.1 Å². The van der Waals surface area contributed by atoms with Crippen LogP contribution in [-0.4, -0.2) is 49.1 Å². The number of benzene rings is 2. The first kappa shape index (κ1) is 27.2. The zero-order chi connectivity index (χ0) is 25.6. The van der Waals surface area contributed by atoms with Crippen LogP contribution in [0.25, 0.3) is 0 Å². The number of rotatable bonds is 10. The Morgan fingerprint density at radius 3 is 2.09 bits per heavy atom. The summed E-state index contributed by atoms with van der Waals surface area (Å²) >= 11 is 0. The molecule has 1 amide bonds. The van der Waals surface area contributed by atoms with Gasteiger partial charge in [-0.3, -0.25) is 0 Å². The first-order chi connectivity index (χ1) is 15.7. The highest BCUT2D eigenvalue weighted by Gasteiger charge is 2.36. The second kappa shape index (κ2) is 10.9. The van der Waals surface area contributed by atoms with Gasteiger partial charge in [-0.1, -0.05) is 29.8 Å². The van der Waals surface area contributed by atoms with Gasteiger partial charge in [-0.2, -0.15) is 0 Å². The number of nitrogens with one attached hydrogen (secondary N) is 1. The van der Waals surface area contributed by atoms with Crippen molar-refractivity contribution in [3.05, 3.63) is 59.7 Å². The number of aliphatic carboxylic acids is 1. The van der Waals surface area contributed by atoms with Crippen LogP contribution in [0.4, 0.5) is 4.79 Å². The van der Waals surface area contributed by atoms with Gasteiger partial charge in [0.2, 0.25) is 0 Å². The molecular formula is C25H33NO7S. The van der Waals surface area contributed by atoms with Crippen LogP contribution in [0.15, 0.2) is 53.4 Å². The zero-order valence-electron chi connectivity index (χ0n) is 20.3. The number of sulfone groups is 1. The second-order valence-corrected chi connectivity index (χ2v) is 11.5. The normalized spacial score (nSPS) is 13.6. The molecule has 0 aliphatic carbocycles. The number of aryl methyl sites for hydroxylation is 1. The van der Waals surface area contributed by atoms with Gasteiger partial charge < -0.3 is 19.9 Å². The molecule has 8 nitrogen and oxygen atoms in total. The molecule has 0 radical (unpaired) electrons. The largest absolute Gasteiger partial charge is 0.494 e. The van der Waals surface area contributed by atoms with Gasteiger partial charge in [-0.25, -0.2) is 18.0 Å². The Bertz CT molecular complexity index is 1090. The van der Waals surface area contributed by atoms with Crippen molar-refractivity contribution in [2.75, 3.05) is 12.4 Å². The predicted molar refractivity (Wildman–Crippen MR) is 129 cm³/mol. The average Bonchev–Trinajstić information content (AvgIpc) is 2.71. The number of carboxylic acid groups (broad SMARTS) is 1. The van der Waals surface area contributed by atoms with E-state index in [1.807, 2.05) is 6.92 Å². The van der Waals surface area contributed by atoms with Gasteiger partial charge >= 0.3 is 12.1 Å². The number of alkyl carbamates (subject to hydrolysis) is 1. The fraction of sp³-hybridized carbons (Fsp3) is 0.440. The lowest BCUT2D eigenvalue weighted by Crippen LogP contribution is -2.54. The summed E-state index contributed by atoms with van der Waals surface area (Å²) in [4.78, 5) is 24.2. The van der Waals surface area contributed by atoms with Gasteiger partial charge in [0.15, 0.2) is 9.84 Å². The zero-order valence-corrected chi connectivity index (χ0v) is 21.1. The number of ether oxygens (including phenoxy) is 2. The maximum absolute atomic E-state index is 12.4. The molecule has 1 atom stereocenters. The van der Waals surface area contributed by atoms with Crippen molar-refractivity contribution in [2.45, 2.75) is 63.5 Å². The molecule has 0 heterocycles. The molecule has 0 bridgehead atoms. The summed E-state index contributed by atoms with van der Waals surface area (Å²) < 4.78 is 35.6. The van der Waals surface area contributed by atoms with Gasteiger partial charge in [0.25, 0.3) is 0 Å². The fourth-order valence-corrected chi connectivity index (χ4v) is 4.40. The fourth-order valence-electron chi connectivity index (χ4n) is 3.12. The van der Waals surface area contributed by atoms with Gasteiger partial charge in [0.1, 0.15) is 16.9 Å². The van der Waals surface area contributed by atoms with Gasteiger partial charge in [0.05, 0.1) is 17.3 Å². The number of carboxylic acids is 1. The van der Waals surface area contributed by atoms with E-state index in [2.05, 4.69) is 5.32 Å². The third kappa shape index (κ3) is 8.37. The molecular weight excluding hydrogens is 458 g/mol. The molecule has 0 saturated heterocycles. The van der Waals surface area contributed by atoms with Crippen LogP contribution in [0, 0.1) is 6.92 Å². The highest BCUT2D eigenvalue weighted by Crippen LogP contribution is 2.20. The number of hydrogen-bond donors (Lipinski definition) is 2. The van der Waals surface area contributed by atoms with E-state index >= 15 is 0 Å². The quantitative estimate of drug-likeness (QED) is 0.479. The van der Waals surface area contributed by atoms with Crippen LogP contribution in [0.2, 0.25) is 0 Å². The van der Waals surface area contributed by atoms with Crippen molar-refractivity contribution >= 4 is 21.9 Å². The Labute approximate surface area is 201 Å². The Kier molecular flexibility index (Phi) is 8.72. The lowest BCUT2D eigenvalue weighted by atomic mass is 9.93. The first-order valence-electron chi connectivity index (χ1n) is 11.0. The van der Waals surface area contributed by atoms with Crippen LogP contribution in [0.3, 0.4) is 0 Å². The Hall–Kier alpha value is -3.07. The van der Waals surface area contributed by atoms with E-state index in [-0.39, 0.29) is 18.8 Å². The van der Waals surface area contributed by atoms with E-state index in [1.54, 1.807) is 69.3 Å². The van der Waals surface area contributed by atoms with Crippen molar-refractivity contribution in [3.8, 4) is 5.75 Å². The molecule has 2 aromatic rings. The number of carbonyl (C=O) groups is 2. The van der Waals surface area contributed by atoms with Crippen molar-refractivity contribution in [2.24, 2.45) is 0 Å². The highest BCUT2D eigenvalue weighted by molar-refractivity contribution is 7.91. The molecule has 0 spiro atoms. The maximum Gasteiger partial charge on any atom is 0.408 e.